The molecule has 4 rings (SSSR count). The number of anilines is 1. The van der Waals surface area contributed by atoms with Crippen molar-refractivity contribution >= 4 is 11.9 Å². The van der Waals surface area contributed by atoms with Gasteiger partial charge in [0.1, 0.15) is 5.82 Å². The number of benzene rings is 3. The summed E-state index contributed by atoms with van der Waals surface area (Å²) < 4.78 is 13.9. The number of nitrogens with zero attached hydrogens (tertiary/aromatic N) is 2. The summed E-state index contributed by atoms with van der Waals surface area (Å²) in [6.07, 6.45) is 24.5. The molecular formula is C63H97FN2. The molecule has 0 saturated heterocycles. The summed E-state index contributed by atoms with van der Waals surface area (Å²) in [6, 6.07) is 22.6. The maximum Gasteiger partial charge on any atom is 0.123 e. The summed E-state index contributed by atoms with van der Waals surface area (Å²) in [4.78, 5) is 6.07. The Morgan fingerprint density at radius 1 is 0.955 bits per heavy atom. The first-order valence-corrected chi connectivity index (χ1v) is 25.5. The monoisotopic (exact) mass is 901 g/mol. The van der Waals surface area contributed by atoms with Crippen LogP contribution in [0.3, 0.4) is 0 Å². The fourth-order valence-electron chi connectivity index (χ4n) is 7.60. The number of halogens is 1. The number of hydrogen-bond donors (Lipinski definition) is 0. The van der Waals surface area contributed by atoms with Gasteiger partial charge in [0.2, 0.25) is 0 Å². The average molecular weight is 901 g/mol. The van der Waals surface area contributed by atoms with Crippen molar-refractivity contribution in [1.29, 1.82) is 0 Å². The maximum absolute atomic E-state index is 13.9. The van der Waals surface area contributed by atoms with Gasteiger partial charge in [-0.15, -0.1) is 5.73 Å². The van der Waals surface area contributed by atoms with E-state index < -0.39 is 0 Å². The van der Waals surface area contributed by atoms with Crippen LogP contribution in [0.1, 0.15) is 182 Å². The first-order chi connectivity index (χ1) is 31.6. The molecule has 3 heteroatoms. The van der Waals surface area contributed by atoms with E-state index in [1.54, 1.807) is 25.4 Å². The minimum absolute atomic E-state index is 0.0329. The molecule has 0 aromatic heterocycles. The van der Waals surface area contributed by atoms with Gasteiger partial charge in [-0.1, -0.05) is 174 Å². The summed E-state index contributed by atoms with van der Waals surface area (Å²) in [6.45, 7) is 41.6. The van der Waals surface area contributed by atoms with Gasteiger partial charge in [-0.05, 0) is 161 Å². The molecule has 0 heterocycles. The van der Waals surface area contributed by atoms with Crippen LogP contribution in [0.25, 0.3) is 0 Å². The Hall–Kier alpha value is -4.64. The molecule has 366 valence electrons. The zero-order chi connectivity index (χ0) is 50.4. The van der Waals surface area contributed by atoms with Crippen molar-refractivity contribution in [3.63, 3.8) is 0 Å². The lowest BCUT2D eigenvalue weighted by Crippen LogP contribution is -2.30. The van der Waals surface area contributed by atoms with Gasteiger partial charge in [-0.2, -0.15) is 0 Å². The SMILES string of the molecule is C=C/C=C\CCCC1(c2ccc(F)cc2C)C=CC[C@H](CCC#Cc2ccc(N(CCC)CCC)cc2)C1.C=C=C(C)Cc1ccc(C)cc1.CC.CC.CC=NC.CCC(C)C(C)(C)C. The lowest BCUT2D eigenvalue weighted by molar-refractivity contribution is 0.254. The zero-order valence-electron chi connectivity index (χ0n) is 45.3. The molecule has 0 spiro atoms. The molecule has 0 N–H and O–H groups in total. The minimum Gasteiger partial charge on any atom is -0.372 e. The van der Waals surface area contributed by atoms with E-state index in [0.717, 1.165) is 94.3 Å². The Morgan fingerprint density at radius 3 is 2.05 bits per heavy atom. The maximum atomic E-state index is 13.9. The fraction of sp³-hybridized carbons (Fsp3) is 0.524. The molecule has 1 aliphatic rings. The third kappa shape index (κ3) is 27.1. The van der Waals surface area contributed by atoms with Gasteiger partial charge in [0.05, 0.1) is 0 Å². The largest absolute Gasteiger partial charge is 0.372 e. The summed E-state index contributed by atoms with van der Waals surface area (Å²) in [7, 11) is 1.75. The number of allylic oxidation sites excluding steroid dienone is 6. The molecule has 0 radical (unpaired) electrons. The predicted molar refractivity (Wildman–Crippen MR) is 298 cm³/mol. The van der Waals surface area contributed by atoms with Crippen LogP contribution in [0.2, 0.25) is 0 Å². The van der Waals surface area contributed by atoms with Gasteiger partial charge in [0, 0.05) is 49.6 Å². The van der Waals surface area contributed by atoms with Gasteiger partial charge in [-0.3, -0.25) is 0 Å². The molecule has 1 aliphatic carbocycles. The third-order valence-corrected chi connectivity index (χ3v) is 11.9. The molecular weight excluding hydrogens is 804 g/mol. The van der Waals surface area contributed by atoms with Crippen molar-refractivity contribution < 1.29 is 4.39 Å². The Balaban J connectivity index is 0. The Bertz CT molecular complexity index is 1880. The molecule has 0 bridgehead atoms. The van der Waals surface area contributed by atoms with E-state index in [1.165, 1.54) is 34.4 Å². The van der Waals surface area contributed by atoms with Crippen molar-refractivity contribution in [2.75, 3.05) is 25.0 Å². The highest BCUT2D eigenvalue weighted by Gasteiger charge is 2.35. The Kier molecular flexibility index (Phi) is 37.0. The van der Waals surface area contributed by atoms with Gasteiger partial charge in [0.25, 0.3) is 0 Å². The van der Waals surface area contributed by atoms with E-state index in [2.05, 4.69) is 170 Å². The average Bonchev–Trinajstić information content (AvgIpc) is 3.32. The van der Waals surface area contributed by atoms with Crippen LogP contribution in [0.15, 0.2) is 127 Å². The quantitative estimate of drug-likeness (QED) is 0.0349. The number of aryl methyl sites for hydroxylation is 2. The number of rotatable bonds is 16. The first kappa shape index (κ1) is 63.4. The van der Waals surface area contributed by atoms with Crippen LogP contribution in [-0.2, 0) is 11.8 Å². The highest BCUT2D eigenvalue weighted by molar-refractivity contribution is 5.52. The van der Waals surface area contributed by atoms with Crippen LogP contribution in [0.4, 0.5) is 10.1 Å². The summed E-state index contributed by atoms with van der Waals surface area (Å²) in [5, 5.41) is 0. The van der Waals surface area contributed by atoms with E-state index >= 15 is 0 Å². The fourth-order valence-corrected chi connectivity index (χ4v) is 7.60. The summed E-state index contributed by atoms with van der Waals surface area (Å²) in [5.74, 6) is 8.12. The van der Waals surface area contributed by atoms with E-state index in [-0.39, 0.29) is 11.2 Å². The van der Waals surface area contributed by atoms with E-state index in [9.17, 15) is 4.39 Å². The topological polar surface area (TPSA) is 15.6 Å². The first-order valence-electron chi connectivity index (χ1n) is 25.5. The van der Waals surface area contributed by atoms with Crippen molar-refractivity contribution in [3.8, 4) is 11.8 Å². The molecule has 0 aliphatic heterocycles. The predicted octanol–water partition coefficient (Wildman–Crippen LogP) is 18.8. The van der Waals surface area contributed by atoms with Gasteiger partial charge in [-0.25, -0.2) is 4.39 Å². The highest BCUT2D eigenvalue weighted by Crippen LogP contribution is 2.44. The number of hydrogen-bond acceptors (Lipinski definition) is 2. The Labute approximate surface area is 408 Å². The molecule has 2 nitrogen and oxygen atoms in total. The Morgan fingerprint density at radius 2 is 1.56 bits per heavy atom. The molecule has 3 aromatic carbocycles. The van der Waals surface area contributed by atoms with Crippen molar-refractivity contribution in [3.05, 3.63) is 155 Å². The van der Waals surface area contributed by atoms with E-state index in [4.69, 9.17) is 0 Å². The molecule has 3 atom stereocenters. The van der Waals surface area contributed by atoms with Crippen LogP contribution in [0.5, 0.6) is 0 Å². The normalized spacial score (nSPS) is 15.2. The van der Waals surface area contributed by atoms with Crippen molar-refractivity contribution in [2.45, 2.75) is 180 Å². The van der Waals surface area contributed by atoms with Crippen LogP contribution in [0, 0.1) is 48.8 Å². The number of unbranched alkanes of at least 4 members (excludes halogenated alkanes) is 1. The van der Waals surface area contributed by atoms with Gasteiger partial charge >= 0.3 is 0 Å². The molecule has 0 saturated carbocycles. The second-order valence-electron chi connectivity index (χ2n) is 18.1. The van der Waals surface area contributed by atoms with E-state index in [0.29, 0.717) is 11.3 Å². The summed E-state index contributed by atoms with van der Waals surface area (Å²) >= 11 is 0. The summed E-state index contributed by atoms with van der Waals surface area (Å²) in [5.41, 5.74) is 11.9. The standard InChI is InChI=1S/C36H46FN.C12H14.C8H18.C3H7N.2C2H6/c1-5-8-9-10-13-24-36(35-23-20-33(37)28-30(35)4)25-14-17-32(29-36)16-12-11-15-31-18-21-34(22-19-31)38(26-6-2)27-7-3;1-4-10(2)9-12-7-5-11(3)6-8-12;1-6-7(2)8(3,4)5;1-3-4-2;2*1-2/h5,8-9,14,18-23,25,28,32H,1,6-7,10,12-13,16-17,24,26-27,29H2,2-4H3;5-8H,1,9H2,2-3H3;7H,6H2,1-5H3;3H,1-2H3;2*1-2H3/b9-8-;;;;;/t32-,36?;;;;;/m0...../s1. The van der Waals surface area contributed by atoms with E-state index in [1.807, 2.05) is 59.8 Å². The number of aliphatic imine (C=N–C) groups is 1. The van der Waals surface area contributed by atoms with Gasteiger partial charge < -0.3 is 9.89 Å². The molecule has 66 heavy (non-hydrogen) atoms. The smallest absolute Gasteiger partial charge is 0.123 e. The van der Waals surface area contributed by atoms with Crippen LogP contribution in [-0.4, -0.2) is 26.4 Å². The molecule has 0 fully saturated rings. The lowest BCUT2D eigenvalue weighted by Gasteiger charge is -2.39. The molecule has 2 unspecified atom stereocenters. The van der Waals surface area contributed by atoms with Crippen molar-refractivity contribution in [2.24, 2.45) is 22.2 Å². The van der Waals surface area contributed by atoms with Crippen LogP contribution >= 0.6 is 0 Å². The highest BCUT2D eigenvalue weighted by atomic mass is 19.1. The minimum atomic E-state index is -0.154. The zero-order valence-corrected chi connectivity index (χ0v) is 45.3. The molecule has 0 amide bonds. The second-order valence-corrected chi connectivity index (χ2v) is 18.1. The lowest BCUT2D eigenvalue weighted by atomic mass is 9.65. The third-order valence-electron chi connectivity index (χ3n) is 11.9. The van der Waals surface area contributed by atoms with Crippen molar-refractivity contribution in [1.82, 2.24) is 0 Å². The van der Waals surface area contributed by atoms with Crippen LogP contribution < -0.4 is 4.90 Å². The van der Waals surface area contributed by atoms with Gasteiger partial charge in [0.15, 0.2) is 0 Å². The molecule has 3 aromatic rings. The second kappa shape index (κ2) is 38.5.